The van der Waals surface area contributed by atoms with Crippen molar-refractivity contribution in [3.63, 3.8) is 0 Å². The van der Waals surface area contributed by atoms with Gasteiger partial charge in [0, 0.05) is 42.6 Å². The number of piperidine rings is 1. The lowest BCUT2D eigenvalue weighted by Gasteiger charge is -2.31. The second-order valence-electron chi connectivity index (χ2n) is 6.59. The molecule has 1 aliphatic rings. The van der Waals surface area contributed by atoms with Gasteiger partial charge in [-0.05, 0) is 37.6 Å². The highest BCUT2D eigenvalue weighted by atomic mass is 35.5. The maximum atomic E-state index is 12.5. The number of halogens is 1. The quantitative estimate of drug-likeness (QED) is 0.850. The van der Waals surface area contributed by atoms with Crippen LogP contribution in [0.4, 0.5) is 0 Å². The second-order valence-corrected chi connectivity index (χ2v) is 7.03. The van der Waals surface area contributed by atoms with Gasteiger partial charge in [0.1, 0.15) is 5.69 Å². The van der Waals surface area contributed by atoms with Crippen LogP contribution in [0.25, 0.3) is 10.9 Å². The summed E-state index contributed by atoms with van der Waals surface area (Å²) >= 11 is 6.03. The number of benzene rings is 1. The van der Waals surface area contributed by atoms with Crippen LogP contribution < -0.4 is 11.1 Å². The lowest BCUT2D eigenvalue weighted by Crippen LogP contribution is -2.44. The lowest BCUT2D eigenvalue weighted by molar-refractivity contribution is -0.123. The monoisotopic (exact) mass is 362 g/mol. The zero-order valence-corrected chi connectivity index (χ0v) is 15.1. The minimum atomic E-state index is -0.233. The summed E-state index contributed by atoms with van der Waals surface area (Å²) in [7, 11) is 1.86. The highest BCUT2D eigenvalue weighted by Gasteiger charge is 2.23. The Morgan fingerprint density at radius 1 is 1.36 bits per heavy atom. The summed E-state index contributed by atoms with van der Waals surface area (Å²) in [6, 6.07) is 7.44. The SMILES string of the molecule is Cn1c(C(=O)NCCN2CCC[C@H](C(N)=O)C2)cc2ccc(Cl)cc21. The first kappa shape index (κ1) is 17.8. The van der Waals surface area contributed by atoms with E-state index in [-0.39, 0.29) is 17.7 Å². The van der Waals surface area contributed by atoms with Crippen molar-refractivity contribution in [2.24, 2.45) is 18.7 Å². The van der Waals surface area contributed by atoms with E-state index < -0.39 is 0 Å². The van der Waals surface area contributed by atoms with Gasteiger partial charge in [-0.25, -0.2) is 0 Å². The molecular formula is C18H23ClN4O2. The van der Waals surface area contributed by atoms with Crippen molar-refractivity contribution in [3.8, 4) is 0 Å². The first-order valence-corrected chi connectivity index (χ1v) is 8.88. The molecule has 2 heterocycles. The average Bonchev–Trinajstić information content (AvgIpc) is 2.91. The Balaban J connectivity index is 1.58. The molecule has 0 radical (unpaired) electrons. The zero-order chi connectivity index (χ0) is 18.0. The van der Waals surface area contributed by atoms with E-state index in [4.69, 9.17) is 17.3 Å². The average molecular weight is 363 g/mol. The van der Waals surface area contributed by atoms with E-state index in [0.717, 1.165) is 30.3 Å². The van der Waals surface area contributed by atoms with Gasteiger partial charge in [0.05, 0.1) is 5.92 Å². The van der Waals surface area contributed by atoms with Gasteiger partial charge in [-0.2, -0.15) is 0 Å². The summed E-state index contributed by atoms with van der Waals surface area (Å²) in [5.74, 6) is -0.423. The number of aryl methyl sites for hydroxylation is 1. The zero-order valence-electron chi connectivity index (χ0n) is 14.3. The molecule has 7 heteroatoms. The van der Waals surface area contributed by atoms with Crippen LogP contribution in [-0.2, 0) is 11.8 Å². The predicted molar refractivity (Wildman–Crippen MR) is 98.6 cm³/mol. The summed E-state index contributed by atoms with van der Waals surface area (Å²) in [4.78, 5) is 26.0. The van der Waals surface area contributed by atoms with Crippen molar-refractivity contribution in [1.29, 1.82) is 0 Å². The Kier molecular flexibility index (Phi) is 5.30. The molecule has 1 aromatic heterocycles. The topological polar surface area (TPSA) is 80.4 Å². The molecule has 1 aromatic carbocycles. The van der Waals surface area contributed by atoms with Crippen molar-refractivity contribution >= 4 is 34.3 Å². The van der Waals surface area contributed by atoms with Crippen molar-refractivity contribution in [1.82, 2.24) is 14.8 Å². The van der Waals surface area contributed by atoms with Crippen LogP contribution in [0.2, 0.25) is 5.02 Å². The maximum Gasteiger partial charge on any atom is 0.267 e. The number of carbonyl (C=O) groups is 2. The number of aromatic nitrogens is 1. The molecule has 0 spiro atoms. The molecule has 134 valence electrons. The van der Waals surface area contributed by atoms with E-state index in [9.17, 15) is 9.59 Å². The van der Waals surface area contributed by atoms with E-state index >= 15 is 0 Å². The van der Waals surface area contributed by atoms with Gasteiger partial charge >= 0.3 is 0 Å². The molecule has 6 nitrogen and oxygen atoms in total. The number of hydrogen-bond donors (Lipinski definition) is 2. The largest absolute Gasteiger partial charge is 0.369 e. The highest BCUT2D eigenvalue weighted by Crippen LogP contribution is 2.22. The van der Waals surface area contributed by atoms with Crippen LogP contribution in [0.5, 0.6) is 0 Å². The molecule has 0 aliphatic carbocycles. The number of primary amides is 1. The Bertz CT molecular complexity index is 802. The fraction of sp³-hybridized carbons (Fsp3) is 0.444. The molecule has 3 rings (SSSR count). The van der Waals surface area contributed by atoms with E-state index in [2.05, 4.69) is 10.2 Å². The molecule has 0 unspecified atom stereocenters. The van der Waals surface area contributed by atoms with E-state index in [1.807, 2.05) is 35.9 Å². The number of nitrogens with zero attached hydrogens (tertiary/aromatic N) is 2. The Hall–Kier alpha value is -2.05. The number of nitrogens with two attached hydrogens (primary N) is 1. The third-order valence-electron chi connectivity index (χ3n) is 4.86. The number of nitrogens with one attached hydrogen (secondary N) is 1. The summed E-state index contributed by atoms with van der Waals surface area (Å²) in [5.41, 5.74) is 6.93. The fourth-order valence-electron chi connectivity index (χ4n) is 3.43. The number of fused-ring (bicyclic) bond motifs is 1. The number of rotatable bonds is 5. The number of likely N-dealkylation sites (tertiary alicyclic amines) is 1. The molecule has 1 aliphatic heterocycles. The second kappa shape index (κ2) is 7.45. The lowest BCUT2D eigenvalue weighted by atomic mass is 9.97. The number of hydrogen-bond acceptors (Lipinski definition) is 3. The Morgan fingerprint density at radius 2 is 2.16 bits per heavy atom. The van der Waals surface area contributed by atoms with E-state index in [0.29, 0.717) is 30.4 Å². The third-order valence-corrected chi connectivity index (χ3v) is 5.10. The van der Waals surface area contributed by atoms with Crippen LogP contribution in [0, 0.1) is 5.92 Å². The molecule has 3 N–H and O–H groups in total. The van der Waals surface area contributed by atoms with Crippen molar-refractivity contribution in [3.05, 3.63) is 35.0 Å². The van der Waals surface area contributed by atoms with Gasteiger partial charge < -0.3 is 20.5 Å². The van der Waals surface area contributed by atoms with E-state index in [1.165, 1.54) is 0 Å². The fourth-order valence-corrected chi connectivity index (χ4v) is 3.60. The Labute approximate surface area is 151 Å². The summed E-state index contributed by atoms with van der Waals surface area (Å²) in [6.45, 7) is 2.86. The normalized spacial score (nSPS) is 18.4. The van der Waals surface area contributed by atoms with Gasteiger partial charge in [-0.3, -0.25) is 9.59 Å². The van der Waals surface area contributed by atoms with Gasteiger partial charge in [0.2, 0.25) is 5.91 Å². The predicted octanol–water partition coefficient (Wildman–Crippen LogP) is 1.76. The van der Waals surface area contributed by atoms with Crippen molar-refractivity contribution in [2.75, 3.05) is 26.2 Å². The van der Waals surface area contributed by atoms with Crippen LogP contribution >= 0.6 is 11.6 Å². The smallest absolute Gasteiger partial charge is 0.267 e. The first-order valence-electron chi connectivity index (χ1n) is 8.50. The van der Waals surface area contributed by atoms with Crippen molar-refractivity contribution < 1.29 is 9.59 Å². The van der Waals surface area contributed by atoms with Crippen LogP contribution in [0.3, 0.4) is 0 Å². The molecule has 0 bridgehead atoms. The maximum absolute atomic E-state index is 12.5. The minimum absolute atomic E-state index is 0.0765. The summed E-state index contributed by atoms with van der Waals surface area (Å²) < 4.78 is 1.85. The molecule has 1 atom stereocenters. The molecule has 1 fully saturated rings. The molecule has 0 saturated carbocycles. The number of carbonyl (C=O) groups excluding carboxylic acids is 2. The summed E-state index contributed by atoms with van der Waals surface area (Å²) in [5, 5.41) is 4.59. The first-order chi connectivity index (χ1) is 12.0. The van der Waals surface area contributed by atoms with Crippen LogP contribution in [0.1, 0.15) is 23.3 Å². The summed E-state index contributed by atoms with van der Waals surface area (Å²) in [6.07, 6.45) is 1.82. The number of amides is 2. The van der Waals surface area contributed by atoms with Gasteiger partial charge in [0.25, 0.3) is 5.91 Å². The van der Waals surface area contributed by atoms with E-state index in [1.54, 1.807) is 0 Å². The Morgan fingerprint density at radius 3 is 2.92 bits per heavy atom. The highest BCUT2D eigenvalue weighted by molar-refractivity contribution is 6.31. The molecule has 1 saturated heterocycles. The molecule has 2 aromatic rings. The molecule has 25 heavy (non-hydrogen) atoms. The minimum Gasteiger partial charge on any atom is -0.369 e. The van der Waals surface area contributed by atoms with Crippen molar-refractivity contribution in [2.45, 2.75) is 12.8 Å². The van der Waals surface area contributed by atoms with Crippen LogP contribution in [0.15, 0.2) is 24.3 Å². The van der Waals surface area contributed by atoms with Gasteiger partial charge in [-0.1, -0.05) is 17.7 Å². The third kappa shape index (κ3) is 3.96. The standard InChI is InChI=1S/C18H23ClN4O2/c1-22-15-10-14(19)5-4-12(15)9-16(22)18(25)21-6-8-23-7-2-3-13(11-23)17(20)24/h4-5,9-10,13H,2-3,6-8,11H2,1H3,(H2,20,24)(H,21,25)/t13-/m0/s1. The van der Waals surface area contributed by atoms with Gasteiger partial charge in [0.15, 0.2) is 0 Å². The molecular weight excluding hydrogens is 340 g/mol. The molecule has 2 amide bonds. The van der Waals surface area contributed by atoms with Crippen LogP contribution in [-0.4, -0.2) is 47.5 Å². The van der Waals surface area contributed by atoms with Gasteiger partial charge in [-0.15, -0.1) is 0 Å².